The van der Waals surface area contributed by atoms with Gasteiger partial charge in [0.05, 0.1) is 13.5 Å². The lowest BCUT2D eigenvalue weighted by molar-refractivity contribution is -0.166. The monoisotopic (exact) mass is 500 g/mol. The van der Waals surface area contributed by atoms with Crippen molar-refractivity contribution in [2.75, 3.05) is 20.7 Å². The van der Waals surface area contributed by atoms with Crippen LogP contribution in [0.15, 0.2) is 12.1 Å². The fraction of sp³-hybridized carbons (Fsp3) is 0.667. The number of hydrogen-bond acceptors (Lipinski definition) is 7. The second-order valence-electron chi connectivity index (χ2n) is 11.1. The summed E-state index contributed by atoms with van der Waals surface area (Å²) in [6.07, 6.45) is 2.65. The number of piperidine rings is 1. The summed E-state index contributed by atoms with van der Waals surface area (Å²) in [5.41, 5.74) is 2.33. The third kappa shape index (κ3) is 3.83. The van der Waals surface area contributed by atoms with Crippen LogP contribution in [-0.4, -0.2) is 72.8 Å². The van der Waals surface area contributed by atoms with Gasteiger partial charge in [-0.3, -0.25) is 9.59 Å². The number of likely N-dealkylation sites (N-methyl/N-ethyl adjacent to an activating group) is 1. The highest BCUT2D eigenvalue weighted by Crippen LogP contribution is 2.64. The molecule has 196 valence electrons. The van der Waals surface area contributed by atoms with Crippen LogP contribution in [0.5, 0.6) is 11.5 Å². The Labute approximate surface area is 211 Å². The Morgan fingerprint density at radius 3 is 2.72 bits per heavy atom. The van der Waals surface area contributed by atoms with Gasteiger partial charge in [0.2, 0.25) is 5.91 Å². The van der Waals surface area contributed by atoms with Crippen LogP contribution in [-0.2, 0) is 31.0 Å². The second-order valence-corrected chi connectivity index (χ2v) is 11.1. The number of carboxylic acid groups (broad SMARTS) is 1. The Bertz CT molecular complexity index is 1070. The zero-order chi connectivity index (χ0) is 25.8. The summed E-state index contributed by atoms with van der Waals surface area (Å²) in [4.78, 5) is 38.9. The lowest BCUT2D eigenvalue weighted by atomic mass is 9.51. The summed E-state index contributed by atoms with van der Waals surface area (Å²) in [5.74, 6) is -0.351. The minimum Gasteiger partial charge on any atom is -0.493 e. The minimum atomic E-state index is -1.09. The van der Waals surface area contributed by atoms with Crippen LogP contribution in [0.3, 0.4) is 0 Å². The van der Waals surface area contributed by atoms with Crippen molar-refractivity contribution in [1.29, 1.82) is 0 Å². The standard InChI is InChI=1S/C27H36N2O7/c1-14(2)23(26(32)33)28-20(30)9-10-21(31)35-19-8-6-16-17-13-15-5-7-18(34-4)24-22(15)27(16,25(19)36-24)11-12-29(17)3/h5,7,14,16-17,19,23,25H,6,8-13H2,1-4H3,(H,28,30)(H,32,33)/t16?,17-,19+,23+,25+,27+/m1/s1. The second kappa shape index (κ2) is 9.25. The van der Waals surface area contributed by atoms with Gasteiger partial charge in [0, 0.05) is 23.4 Å². The number of benzene rings is 1. The first-order valence-corrected chi connectivity index (χ1v) is 13.0. The third-order valence-electron chi connectivity index (χ3n) is 8.83. The van der Waals surface area contributed by atoms with Gasteiger partial charge in [0.1, 0.15) is 18.2 Å². The van der Waals surface area contributed by atoms with E-state index < -0.39 is 30.0 Å². The molecule has 1 aromatic rings. The maximum absolute atomic E-state index is 12.8. The maximum Gasteiger partial charge on any atom is 0.326 e. The van der Waals surface area contributed by atoms with Crippen LogP contribution in [0.2, 0.25) is 0 Å². The molecule has 9 nitrogen and oxygen atoms in total. The molecule has 2 fully saturated rings. The molecule has 2 aliphatic carbocycles. The van der Waals surface area contributed by atoms with Crippen LogP contribution < -0.4 is 14.8 Å². The highest BCUT2D eigenvalue weighted by atomic mass is 16.6. The van der Waals surface area contributed by atoms with Gasteiger partial charge >= 0.3 is 11.9 Å². The van der Waals surface area contributed by atoms with E-state index in [4.69, 9.17) is 14.2 Å². The fourth-order valence-electron chi connectivity index (χ4n) is 7.16. The molecule has 0 aromatic heterocycles. The normalized spacial score (nSPS) is 30.7. The molecule has 9 heteroatoms. The van der Waals surface area contributed by atoms with E-state index in [1.165, 1.54) is 11.1 Å². The number of carboxylic acids is 1. The zero-order valence-electron chi connectivity index (χ0n) is 21.4. The summed E-state index contributed by atoms with van der Waals surface area (Å²) in [6.45, 7) is 4.41. The first-order valence-electron chi connectivity index (χ1n) is 13.0. The first kappa shape index (κ1) is 24.9. The SMILES string of the molecule is COc1ccc2c3c1O[C@H]1[C@@H](OC(=O)CCC(=O)N[C@H](C(=O)O)C(C)C)CCC4[C@@H](C2)N(C)CC[C@@]341. The molecule has 36 heavy (non-hydrogen) atoms. The summed E-state index contributed by atoms with van der Waals surface area (Å²) in [7, 11) is 3.85. The van der Waals surface area contributed by atoms with Crippen LogP contribution in [0.1, 0.15) is 57.1 Å². The van der Waals surface area contributed by atoms with E-state index in [0.29, 0.717) is 24.1 Å². The third-order valence-corrected chi connectivity index (χ3v) is 8.83. The molecule has 1 aromatic carbocycles. The van der Waals surface area contributed by atoms with Crippen molar-refractivity contribution in [2.24, 2.45) is 11.8 Å². The van der Waals surface area contributed by atoms with Gasteiger partial charge < -0.3 is 29.5 Å². The van der Waals surface area contributed by atoms with Gasteiger partial charge in [-0.05, 0) is 62.7 Å². The van der Waals surface area contributed by atoms with E-state index in [9.17, 15) is 19.5 Å². The average Bonchev–Trinajstić information content (AvgIpc) is 3.19. The number of nitrogens with zero attached hydrogens (tertiary/aromatic N) is 1. The molecule has 1 unspecified atom stereocenters. The molecule has 0 radical (unpaired) electrons. The van der Waals surface area contributed by atoms with E-state index in [1.807, 2.05) is 6.07 Å². The first-order chi connectivity index (χ1) is 17.2. The van der Waals surface area contributed by atoms with Crippen LogP contribution in [0.4, 0.5) is 0 Å². The highest BCUT2D eigenvalue weighted by Gasteiger charge is 2.66. The van der Waals surface area contributed by atoms with Crippen molar-refractivity contribution >= 4 is 17.8 Å². The van der Waals surface area contributed by atoms with Gasteiger partial charge in [-0.2, -0.15) is 0 Å². The summed E-state index contributed by atoms with van der Waals surface area (Å²) in [5, 5.41) is 11.8. The summed E-state index contributed by atoms with van der Waals surface area (Å²) in [6, 6.07) is 3.57. The largest absolute Gasteiger partial charge is 0.493 e. The molecule has 1 saturated heterocycles. The van der Waals surface area contributed by atoms with Crippen LogP contribution in [0, 0.1) is 11.8 Å². The quantitative estimate of drug-likeness (QED) is 0.523. The Hall–Kier alpha value is -2.81. The molecule has 2 N–H and O–H groups in total. The summed E-state index contributed by atoms with van der Waals surface area (Å²) >= 11 is 0. The van der Waals surface area contributed by atoms with Gasteiger partial charge in [-0.25, -0.2) is 4.79 Å². The van der Waals surface area contributed by atoms with Crippen molar-refractivity contribution in [3.8, 4) is 11.5 Å². The molecular formula is C27H36N2O7. The van der Waals surface area contributed by atoms with Crippen molar-refractivity contribution in [1.82, 2.24) is 10.2 Å². The maximum atomic E-state index is 12.8. The molecule has 6 atom stereocenters. The molecule has 1 saturated carbocycles. The van der Waals surface area contributed by atoms with E-state index in [1.54, 1.807) is 21.0 Å². The van der Waals surface area contributed by atoms with E-state index >= 15 is 0 Å². The Balaban J connectivity index is 1.32. The molecule has 2 aliphatic heterocycles. The van der Waals surface area contributed by atoms with Gasteiger partial charge in [-0.15, -0.1) is 0 Å². The number of carbonyl (C=O) groups excluding carboxylic acids is 2. The number of ether oxygens (including phenoxy) is 3. The average molecular weight is 501 g/mol. The van der Waals surface area contributed by atoms with Gasteiger partial charge in [0.15, 0.2) is 11.5 Å². The molecular weight excluding hydrogens is 464 g/mol. The molecule has 1 spiro atoms. The number of esters is 1. The van der Waals surface area contributed by atoms with Crippen LogP contribution in [0.25, 0.3) is 0 Å². The Morgan fingerprint density at radius 2 is 2.03 bits per heavy atom. The number of carbonyl (C=O) groups is 3. The predicted molar refractivity (Wildman–Crippen MR) is 130 cm³/mol. The zero-order valence-corrected chi connectivity index (χ0v) is 21.4. The minimum absolute atomic E-state index is 0.108. The van der Waals surface area contributed by atoms with Gasteiger partial charge in [0.25, 0.3) is 0 Å². The summed E-state index contributed by atoms with van der Waals surface area (Å²) < 4.78 is 18.2. The van der Waals surface area contributed by atoms with Crippen molar-refractivity contribution in [3.63, 3.8) is 0 Å². The smallest absolute Gasteiger partial charge is 0.326 e. The Morgan fingerprint density at radius 1 is 1.25 bits per heavy atom. The number of nitrogens with one attached hydrogen (secondary N) is 1. The van der Waals surface area contributed by atoms with Crippen LogP contribution >= 0.6 is 0 Å². The number of rotatable bonds is 8. The van der Waals surface area contributed by atoms with E-state index in [2.05, 4.69) is 23.3 Å². The number of hydrogen-bond donors (Lipinski definition) is 2. The molecule has 4 aliphatic rings. The molecule has 5 rings (SSSR count). The van der Waals surface area contributed by atoms with Crippen molar-refractivity contribution in [2.45, 2.75) is 82.1 Å². The molecule has 2 bridgehead atoms. The van der Waals surface area contributed by atoms with E-state index in [0.717, 1.165) is 31.6 Å². The number of amides is 1. The topological polar surface area (TPSA) is 114 Å². The lowest BCUT2D eigenvalue weighted by Crippen LogP contribution is -2.66. The number of likely N-dealkylation sites (tertiary alicyclic amines) is 1. The lowest BCUT2D eigenvalue weighted by Gasteiger charge is -2.58. The fourth-order valence-corrected chi connectivity index (χ4v) is 7.16. The number of methoxy groups -OCH3 is 1. The predicted octanol–water partition coefficient (Wildman–Crippen LogP) is 2.28. The molecule has 2 heterocycles. The number of aliphatic carboxylic acids is 1. The van der Waals surface area contributed by atoms with Gasteiger partial charge in [-0.1, -0.05) is 19.9 Å². The Kier molecular flexibility index (Phi) is 6.39. The molecule has 1 amide bonds. The van der Waals surface area contributed by atoms with Crippen molar-refractivity contribution in [3.05, 3.63) is 23.3 Å². The highest BCUT2D eigenvalue weighted by molar-refractivity contribution is 5.86. The van der Waals surface area contributed by atoms with Crippen molar-refractivity contribution < 1.29 is 33.7 Å². The van der Waals surface area contributed by atoms with E-state index in [-0.39, 0.29) is 30.3 Å².